The molecule has 0 unspecified atom stereocenters. The maximum atomic E-state index is 11.6. The third kappa shape index (κ3) is 3.13. The highest BCUT2D eigenvalue weighted by Gasteiger charge is 2.15. The van der Waals surface area contributed by atoms with Crippen molar-refractivity contribution in [1.82, 2.24) is 0 Å². The fraction of sp³-hybridized carbons (Fsp3) is 0.214. The van der Waals surface area contributed by atoms with Crippen molar-refractivity contribution in [2.75, 3.05) is 24.8 Å². The molecule has 0 amide bonds. The van der Waals surface area contributed by atoms with Crippen molar-refractivity contribution in [2.24, 2.45) is 0 Å². The summed E-state index contributed by atoms with van der Waals surface area (Å²) in [5.41, 5.74) is 8.91. The largest absolute Gasteiger partial charge is 0.465 e. The molecule has 106 valence electrons. The van der Waals surface area contributed by atoms with Crippen LogP contribution in [0.4, 0.5) is 11.4 Å². The van der Waals surface area contributed by atoms with E-state index in [-0.39, 0.29) is 0 Å². The third-order valence-electron chi connectivity index (χ3n) is 2.94. The maximum absolute atomic E-state index is 11.6. The van der Waals surface area contributed by atoms with E-state index in [1.165, 1.54) is 12.7 Å². The van der Waals surface area contributed by atoms with Crippen molar-refractivity contribution in [3.05, 3.63) is 44.6 Å². The van der Waals surface area contributed by atoms with Gasteiger partial charge in [-0.15, -0.1) is 11.3 Å². The SMILES string of the molecule is COC(=O)c1cccc(N(C)Cc2csc(Br)c2)c1N. The van der Waals surface area contributed by atoms with Crippen LogP contribution in [0, 0.1) is 0 Å². The van der Waals surface area contributed by atoms with Gasteiger partial charge in [0.15, 0.2) is 0 Å². The Bertz CT molecular complexity index is 627. The summed E-state index contributed by atoms with van der Waals surface area (Å²) in [5, 5.41) is 2.08. The summed E-state index contributed by atoms with van der Waals surface area (Å²) in [4.78, 5) is 13.7. The van der Waals surface area contributed by atoms with Crippen molar-refractivity contribution in [2.45, 2.75) is 6.54 Å². The van der Waals surface area contributed by atoms with Crippen LogP contribution in [0.2, 0.25) is 0 Å². The van der Waals surface area contributed by atoms with Gasteiger partial charge in [-0.05, 0) is 45.1 Å². The summed E-state index contributed by atoms with van der Waals surface area (Å²) in [5.74, 6) is -0.420. The van der Waals surface area contributed by atoms with Crippen molar-refractivity contribution in [3.8, 4) is 0 Å². The fourth-order valence-corrected chi connectivity index (χ4v) is 3.16. The van der Waals surface area contributed by atoms with Gasteiger partial charge >= 0.3 is 5.97 Å². The molecule has 20 heavy (non-hydrogen) atoms. The summed E-state index contributed by atoms with van der Waals surface area (Å²) in [6.45, 7) is 0.719. The van der Waals surface area contributed by atoms with Gasteiger partial charge in [0, 0.05) is 13.6 Å². The van der Waals surface area contributed by atoms with Gasteiger partial charge < -0.3 is 15.4 Å². The van der Waals surface area contributed by atoms with E-state index < -0.39 is 5.97 Å². The van der Waals surface area contributed by atoms with E-state index in [1.807, 2.05) is 18.0 Å². The Labute approximate surface area is 130 Å². The predicted molar refractivity (Wildman–Crippen MR) is 86.3 cm³/mol. The van der Waals surface area contributed by atoms with E-state index in [1.54, 1.807) is 23.5 Å². The average molecular weight is 355 g/mol. The number of thiophene rings is 1. The van der Waals surface area contributed by atoms with Crippen LogP contribution in [-0.2, 0) is 11.3 Å². The van der Waals surface area contributed by atoms with Gasteiger partial charge in [0.25, 0.3) is 0 Å². The molecule has 0 atom stereocenters. The van der Waals surface area contributed by atoms with Gasteiger partial charge in [-0.2, -0.15) is 0 Å². The molecule has 0 spiro atoms. The number of nitrogens with zero attached hydrogens (tertiary/aromatic N) is 1. The molecule has 1 aromatic heterocycles. The molecule has 4 nitrogen and oxygen atoms in total. The molecule has 1 heterocycles. The molecule has 2 N–H and O–H groups in total. The Balaban J connectivity index is 2.26. The number of carbonyl (C=O) groups is 1. The maximum Gasteiger partial charge on any atom is 0.340 e. The molecule has 0 bridgehead atoms. The third-order valence-corrected chi connectivity index (χ3v) is 4.49. The normalized spacial score (nSPS) is 10.3. The minimum atomic E-state index is -0.420. The number of benzene rings is 1. The number of para-hydroxylation sites is 1. The van der Waals surface area contributed by atoms with Crippen LogP contribution >= 0.6 is 27.3 Å². The monoisotopic (exact) mass is 354 g/mol. The molecule has 0 saturated heterocycles. The standard InChI is InChI=1S/C14H15BrN2O2S/c1-17(7-9-6-12(15)20-8-9)11-5-3-4-10(13(11)16)14(18)19-2/h3-6,8H,7,16H2,1-2H3. The number of carbonyl (C=O) groups excluding carboxylic acids is 1. The van der Waals surface area contributed by atoms with Crippen molar-refractivity contribution in [1.29, 1.82) is 0 Å². The molecule has 0 aliphatic carbocycles. The number of nitrogens with two attached hydrogens (primary N) is 1. The van der Waals surface area contributed by atoms with E-state index in [9.17, 15) is 4.79 Å². The molecule has 1 aromatic carbocycles. The smallest absolute Gasteiger partial charge is 0.340 e. The van der Waals surface area contributed by atoms with E-state index in [0.29, 0.717) is 11.3 Å². The van der Waals surface area contributed by atoms with Crippen LogP contribution < -0.4 is 10.6 Å². The highest BCUT2D eigenvalue weighted by Crippen LogP contribution is 2.29. The van der Waals surface area contributed by atoms with E-state index in [2.05, 4.69) is 27.4 Å². The van der Waals surface area contributed by atoms with Crippen LogP contribution in [0.1, 0.15) is 15.9 Å². The highest BCUT2D eigenvalue weighted by molar-refractivity contribution is 9.11. The number of methoxy groups -OCH3 is 1. The van der Waals surface area contributed by atoms with E-state index >= 15 is 0 Å². The lowest BCUT2D eigenvalue weighted by atomic mass is 10.1. The lowest BCUT2D eigenvalue weighted by molar-refractivity contribution is 0.0602. The Morgan fingerprint density at radius 3 is 2.85 bits per heavy atom. The van der Waals surface area contributed by atoms with Gasteiger partial charge in [-0.1, -0.05) is 6.07 Å². The van der Waals surface area contributed by atoms with Gasteiger partial charge in [0.05, 0.1) is 27.8 Å². The van der Waals surface area contributed by atoms with Crippen LogP contribution in [0.25, 0.3) is 0 Å². The molecule has 0 fully saturated rings. The van der Waals surface area contributed by atoms with Crippen LogP contribution in [0.15, 0.2) is 33.4 Å². The minimum Gasteiger partial charge on any atom is -0.465 e. The second-order valence-corrected chi connectivity index (χ2v) is 6.64. The van der Waals surface area contributed by atoms with Crippen LogP contribution in [0.5, 0.6) is 0 Å². The summed E-state index contributed by atoms with van der Waals surface area (Å²) < 4.78 is 5.83. The molecule has 0 aliphatic rings. The summed E-state index contributed by atoms with van der Waals surface area (Å²) in [6.07, 6.45) is 0. The summed E-state index contributed by atoms with van der Waals surface area (Å²) in [6, 6.07) is 7.43. The van der Waals surface area contributed by atoms with E-state index in [4.69, 9.17) is 10.5 Å². The molecule has 2 aromatic rings. The number of anilines is 2. The second kappa shape index (κ2) is 6.28. The zero-order chi connectivity index (χ0) is 14.7. The minimum absolute atomic E-state index is 0.392. The number of hydrogen-bond acceptors (Lipinski definition) is 5. The zero-order valence-electron chi connectivity index (χ0n) is 11.2. The number of halogens is 1. The lowest BCUT2D eigenvalue weighted by Crippen LogP contribution is -2.19. The number of hydrogen-bond donors (Lipinski definition) is 1. The average Bonchev–Trinajstić information content (AvgIpc) is 2.83. The molecule has 2 rings (SSSR count). The van der Waals surface area contributed by atoms with Crippen LogP contribution in [-0.4, -0.2) is 20.1 Å². The van der Waals surface area contributed by atoms with Crippen LogP contribution in [0.3, 0.4) is 0 Å². The molecule has 0 radical (unpaired) electrons. The fourth-order valence-electron chi connectivity index (χ4n) is 1.96. The predicted octanol–water partition coefficient (Wildman–Crippen LogP) is 3.52. The first-order chi connectivity index (χ1) is 9.52. The van der Waals surface area contributed by atoms with Crippen molar-refractivity contribution < 1.29 is 9.53 Å². The topological polar surface area (TPSA) is 55.6 Å². The van der Waals surface area contributed by atoms with Crippen molar-refractivity contribution >= 4 is 44.6 Å². The van der Waals surface area contributed by atoms with Gasteiger partial charge in [-0.25, -0.2) is 4.79 Å². The molecular weight excluding hydrogens is 340 g/mol. The lowest BCUT2D eigenvalue weighted by Gasteiger charge is -2.21. The quantitative estimate of drug-likeness (QED) is 0.674. The van der Waals surface area contributed by atoms with Gasteiger partial charge in [0.2, 0.25) is 0 Å². The molecule has 6 heteroatoms. The van der Waals surface area contributed by atoms with Crippen molar-refractivity contribution in [3.63, 3.8) is 0 Å². The number of rotatable bonds is 4. The number of esters is 1. The molecule has 0 saturated carbocycles. The first-order valence-corrected chi connectivity index (χ1v) is 7.61. The first-order valence-electron chi connectivity index (χ1n) is 5.93. The van der Waals surface area contributed by atoms with Gasteiger partial charge in [-0.3, -0.25) is 0 Å². The first kappa shape index (κ1) is 14.9. The number of nitrogen functional groups attached to an aromatic ring is 1. The number of ether oxygens (including phenoxy) is 1. The summed E-state index contributed by atoms with van der Waals surface area (Å²) >= 11 is 5.09. The van der Waals surface area contributed by atoms with E-state index in [0.717, 1.165) is 16.0 Å². The Hall–Kier alpha value is -1.53. The second-order valence-electron chi connectivity index (χ2n) is 4.35. The Morgan fingerprint density at radius 1 is 1.50 bits per heavy atom. The Morgan fingerprint density at radius 2 is 2.25 bits per heavy atom. The molecule has 0 aliphatic heterocycles. The Kier molecular flexibility index (Phi) is 4.67. The zero-order valence-corrected chi connectivity index (χ0v) is 13.6. The highest BCUT2D eigenvalue weighted by atomic mass is 79.9. The molecular formula is C14H15BrN2O2S. The summed E-state index contributed by atoms with van der Waals surface area (Å²) in [7, 11) is 3.29. The van der Waals surface area contributed by atoms with Gasteiger partial charge in [0.1, 0.15) is 0 Å².